The lowest BCUT2D eigenvalue weighted by Gasteiger charge is -2.34. The van der Waals surface area contributed by atoms with Crippen LogP contribution in [0.4, 0.5) is 0 Å². The number of likely N-dealkylation sites (tertiary alicyclic amines) is 1. The molecule has 1 aliphatic heterocycles. The summed E-state index contributed by atoms with van der Waals surface area (Å²) in [4.78, 5) is 20.8. The Hall–Kier alpha value is -2.03. The highest BCUT2D eigenvalue weighted by Crippen LogP contribution is 2.41. The highest BCUT2D eigenvalue weighted by atomic mass is 35.5. The van der Waals surface area contributed by atoms with Crippen molar-refractivity contribution in [3.05, 3.63) is 40.9 Å². The lowest BCUT2D eigenvalue weighted by Crippen LogP contribution is -2.36. The molecule has 0 aromatic carbocycles. The summed E-state index contributed by atoms with van der Waals surface area (Å²) in [6.45, 7) is 2.04. The first-order chi connectivity index (χ1) is 13.4. The molecule has 8 nitrogen and oxygen atoms in total. The topological polar surface area (TPSA) is 87.4 Å². The van der Waals surface area contributed by atoms with Gasteiger partial charge in [0.15, 0.2) is 0 Å². The molecule has 1 amide bonds. The molecule has 150 valence electrons. The molecule has 1 saturated carbocycles. The molecule has 0 radical (unpaired) electrons. The third kappa shape index (κ3) is 3.90. The van der Waals surface area contributed by atoms with Crippen molar-refractivity contribution in [2.75, 3.05) is 27.2 Å². The fourth-order valence-electron chi connectivity index (χ4n) is 4.39. The quantitative estimate of drug-likeness (QED) is 0.830. The maximum absolute atomic E-state index is 12.8. The van der Waals surface area contributed by atoms with Gasteiger partial charge in [-0.25, -0.2) is 9.67 Å². The van der Waals surface area contributed by atoms with E-state index in [9.17, 15) is 9.90 Å². The second-order valence-corrected chi connectivity index (χ2v) is 8.56. The van der Waals surface area contributed by atoms with Crippen molar-refractivity contribution in [2.24, 2.45) is 11.8 Å². The van der Waals surface area contributed by atoms with E-state index in [1.807, 2.05) is 30.1 Å². The van der Waals surface area contributed by atoms with Crippen LogP contribution in [0.2, 0.25) is 5.02 Å². The predicted octanol–water partition coefficient (Wildman–Crippen LogP) is 1.47. The summed E-state index contributed by atoms with van der Waals surface area (Å²) in [5.74, 6) is 0.560. The monoisotopic (exact) mass is 404 g/mol. The Labute approximate surface area is 169 Å². The van der Waals surface area contributed by atoms with Gasteiger partial charge >= 0.3 is 0 Å². The normalized spacial score (nSPS) is 27.2. The third-order valence-corrected chi connectivity index (χ3v) is 5.94. The van der Waals surface area contributed by atoms with E-state index in [1.165, 1.54) is 6.20 Å². The van der Waals surface area contributed by atoms with Crippen molar-refractivity contribution in [2.45, 2.75) is 31.5 Å². The smallest absolute Gasteiger partial charge is 0.272 e. The number of hydrogen-bond donors (Lipinski definition) is 1. The molecule has 2 fully saturated rings. The number of halogens is 1. The first-order valence-electron chi connectivity index (χ1n) is 9.55. The van der Waals surface area contributed by atoms with Crippen molar-refractivity contribution in [1.29, 1.82) is 0 Å². The zero-order valence-electron chi connectivity index (χ0n) is 16.1. The Bertz CT molecular complexity index is 839. The van der Waals surface area contributed by atoms with Crippen molar-refractivity contribution >= 4 is 17.5 Å². The van der Waals surface area contributed by atoms with Crippen LogP contribution in [0.1, 0.15) is 35.1 Å². The molecule has 1 N–H and O–H groups in total. The molecular weight excluding hydrogens is 380 g/mol. The largest absolute Gasteiger partial charge is 0.391 e. The van der Waals surface area contributed by atoms with Gasteiger partial charge in [-0.15, -0.1) is 5.10 Å². The molecule has 0 unspecified atom stereocenters. The van der Waals surface area contributed by atoms with Crippen LogP contribution in [0.25, 0.3) is 0 Å². The molecule has 2 aliphatic rings. The Balaban J connectivity index is 1.44. The minimum Gasteiger partial charge on any atom is -0.391 e. The van der Waals surface area contributed by atoms with Crippen LogP contribution >= 0.6 is 11.6 Å². The average Bonchev–Trinajstić information content (AvgIpc) is 3.27. The number of aliphatic hydroxyl groups excluding tert-OH is 1. The first kappa shape index (κ1) is 19.3. The van der Waals surface area contributed by atoms with Crippen LogP contribution in [0, 0.1) is 11.8 Å². The molecule has 2 aromatic heterocycles. The Morgan fingerprint density at radius 2 is 2.04 bits per heavy atom. The highest BCUT2D eigenvalue weighted by Gasteiger charge is 2.44. The number of hydrogen-bond acceptors (Lipinski definition) is 6. The van der Waals surface area contributed by atoms with Gasteiger partial charge in [-0.1, -0.05) is 16.8 Å². The summed E-state index contributed by atoms with van der Waals surface area (Å²) in [6.07, 6.45) is 4.38. The number of fused-ring (bicyclic) bond motifs is 1. The molecule has 1 saturated heterocycles. The Kier molecular flexibility index (Phi) is 5.35. The summed E-state index contributed by atoms with van der Waals surface area (Å²) in [5.41, 5.74) is 1.29. The number of aromatic nitrogens is 4. The maximum atomic E-state index is 12.8. The van der Waals surface area contributed by atoms with Crippen LogP contribution in [-0.2, 0) is 6.54 Å². The number of carbonyl (C=O) groups is 1. The van der Waals surface area contributed by atoms with Gasteiger partial charge in [0, 0.05) is 25.8 Å². The predicted molar refractivity (Wildman–Crippen MR) is 104 cm³/mol. The van der Waals surface area contributed by atoms with Gasteiger partial charge in [0.25, 0.3) is 5.91 Å². The lowest BCUT2D eigenvalue weighted by atomic mass is 9.77. The summed E-state index contributed by atoms with van der Waals surface area (Å²) in [6, 6.07) is 3.24. The summed E-state index contributed by atoms with van der Waals surface area (Å²) in [7, 11) is 3.97. The second-order valence-electron chi connectivity index (χ2n) is 8.13. The minimum atomic E-state index is -0.487. The molecule has 28 heavy (non-hydrogen) atoms. The van der Waals surface area contributed by atoms with Gasteiger partial charge in [-0.2, -0.15) is 0 Å². The van der Waals surface area contributed by atoms with E-state index in [2.05, 4.69) is 15.3 Å². The van der Waals surface area contributed by atoms with Gasteiger partial charge in [-0.3, -0.25) is 4.79 Å². The van der Waals surface area contributed by atoms with E-state index < -0.39 is 6.10 Å². The van der Waals surface area contributed by atoms with E-state index in [1.54, 1.807) is 16.8 Å². The molecular formula is C19H25ClN6O2. The van der Waals surface area contributed by atoms with Crippen LogP contribution in [0.15, 0.2) is 24.5 Å². The zero-order valence-corrected chi connectivity index (χ0v) is 16.8. The molecule has 3 heterocycles. The van der Waals surface area contributed by atoms with Gasteiger partial charge in [-0.05, 0) is 50.9 Å². The van der Waals surface area contributed by atoms with E-state index in [4.69, 9.17) is 11.6 Å². The molecule has 4 atom stereocenters. The fraction of sp³-hybridized carbons (Fsp3) is 0.579. The number of carbonyl (C=O) groups excluding carboxylic acids is 1. The van der Waals surface area contributed by atoms with Gasteiger partial charge in [0.05, 0.1) is 29.1 Å². The third-order valence-electron chi connectivity index (χ3n) is 5.72. The molecule has 1 aliphatic carbocycles. The Morgan fingerprint density at radius 3 is 2.71 bits per heavy atom. The molecule has 9 heteroatoms. The first-order valence-corrected chi connectivity index (χ1v) is 9.93. The van der Waals surface area contributed by atoms with Crippen molar-refractivity contribution in [3.8, 4) is 0 Å². The van der Waals surface area contributed by atoms with E-state index in [-0.39, 0.29) is 11.9 Å². The number of rotatable bonds is 4. The molecule has 2 aromatic rings. The number of amides is 1. The molecule has 0 spiro atoms. The van der Waals surface area contributed by atoms with Gasteiger partial charge in [0.2, 0.25) is 0 Å². The van der Waals surface area contributed by atoms with Crippen molar-refractivity contribution in [3.63, 3.8) is 0 Å². The summed E-state index contributed by atoms with van der Waals surface area (Å²) < 4.78 is 1.80. The second kappa shape index (κ2) is 7.77. The van der Waals surface area contributed by atoms with E-state index in [0.29, 0.717) is 48.6 Å². The minimum absolute atomic E-state index is 0.0777. The SMILES string of the molecule is CN(C)Cc1cn([C@@H]2C[C@@H]3CN(C(=O)c4ccc(Cl)cn4)C[C@@H]3C[C@H]2O)nn1. The standard InChI is InChI=1S/C19H25ClN6O2/c1-24(2)10-15-11-26(23-22-15)17-5-12-8-25(9-13(12)6-18(17)27)19(28)16-4-3-14(20)7-21-16/h3-4,7,11-13,17-18,27H,5-6,8-10H2,1-2H3/t12-,13+,17-,18-/m1/s1. The molecule has 4 rings (SSSR count). The highest BCUT2D eigenvalue weighted by molar-refractivity contribution is 6.30. The van der Waals surface area contributed by atoms with Crippen molar-refractivity contribution < 1.29 is 9.90 Å². The summed E-state index contributed by atoms with van der Waals surface area (Å²) in [5, 5.41) is 19.7. The van der Waals surface area contributed by atoms with Crippen LogP contribution in [0.5, 0.6) is 0 Å². The van der Waals surface area contributed by atoms with E-state index in [0.717, 1.165) is 12.1 Å². The van der Waals surface area contributed by atoms with Crippen LogP contribution in [0.3, 0.4) is 0 Å². The zero-order chi connectivity index (χ0) is 19.8. The summed E-state index contributed by atoms with van der Waals surface area (Å²) >= 11 is 5.86. The maximum Gasteiger partial charge on any atom is 0.272 e. The Morgan fingerprint density at radius 1 is 1.29 bits per heavy atom. The van der Waals surface area contributed by atoms with Crippen LogP contribution < -0.4 is 0 Å². The van der Waals surface area contributed by atoms with Gasteiger partial charge < -0.3 is 14.9 Å². The fourth-order valence-corrected chi connectivity index (χ4v) is 4.51. The number of pyridine rings is 1. The number of nitrogens with zero attached hydrogens (tertiary/aromatic N) is 6. The van der Waals surface area contributed by atoms with Crippen LogP contribution in [-0.4, -0.2) is 74.1 Å². The molecule has 0 bridgehead atoms. The lowest BCUT2D eigenvalue weighted by molar-refractivity contribution is 0.0298. The average molecular weight is 405 g/mol. The number of aliphatic hydroxyl groups is 1. The van der Waals surface area contributed by atoms with E-state index >= 15 is 0 Å². The van der Waals surface area contributed by atoms with Crippen molar-refractivity contribution in [1.82, 2.24) is 29.8 Å². The van der Waals surface area contributed by atoms with Gasteiger partial charge in [0.1, 0.15) is 5.69 Å².